The molecule has 5 nitrogen and oxygen atoms in total. The zero-order valence-electron chi connectivity index (χ0n) is 11.3. The van der Waals surface area contributed by atoms with Gasteiger partial charge in [-0.2, -0.15) is 5.26 Å². The van der Waals surface area contributed by atoms with Gasteiger partial charge in [-0.3, -0.25) is 4.79 Å². The number of nitriles is 1. The quantitative estimate of drug-likeness (QED) is 0.945. The van der Waals surface area contributed by atoms with Crippen LogP contribution in [0.25, 0.3) is 0 Å². The third-order valence-electron chi connectivity index (χ3n) is 3.48. The number of carbonyl (C=O) groups excluding carboxylic acids is 1. The van der Waals surface area contributed by atoms with Gasteiger partial charge >= 0.3 is 0 Å². The maximum absolute atomic E-state index is 12.5. The lowest BCUT2D eigenvalue weighted by Crippen LogP contribution is -2.39. The van der Waals surface area contributed by atoms with Crippen molar-refractivity contribution in [1.29, 1.82) is 5.26 Å². The highest BCUT2D eigenvalue weighted by molar-refractivity contribution is 7.13. The number of anilines is 2. The summed E-state index contributed by atoms with van der Waals surface area (Å²) < 4.78 is 0. The first kappa shape index (κ1) is 13.6. The minimum absolute atomic E-state index is 0.0437. The minimum atomic E-state index is -0.193. The Balaban J connectivity index is 1.74. The zero-order chi connectivity index (χ0) is 14.7. The fourth-order valence-corrected chi connectivity index (χ4v) is 3.24. The third-order valence-corrected chi connectivity index (χ3v) is 4.29. The van der Waals surface area contributed by atoms with Gasteiger partial charge in [-0.1, -0.05) is 6.07 Å². The first-order valence-electron chi connectivity index (χ1n) is 6.75. The number of thiazole rings is 1. The van der Waals surface area contributed by atoms with Crippen molar-refractivity contribution in [3.05, 3.63) is 41.4 Å². The second-order valence-electron chi connectivity index (χ2n) is 4.85. The largest absolute Gasteiger partial charge is 0.336 e. The van der Waals surface area contributed by atoms with Crippen LogP contribution in [-0.4, -0.2) is 23.5 Å². The summed E-state index contributed by atoms with van der Waals surface area (Å²) in [6, 6.07) is 8.83. The van der Waals surface area contributed by atoms with Crippen molar-refractivity contribution >= 4 is 28.1 Å². The molecule has 0 aliphatic carbocycles. The molecule has 0 spiro atoms. The molecule has 106 valence electrons. The molecular weight excluding hydrogens is 284 g/mol. The number of hydrogen-bond donors (Lipinski definition) is 1. The maximum Gasteiger partial charge on any atom is 0.247 e. The number of rotatable bonds is 3. The zero-order valence-corrected chi connectivity index (χ0v) is 12.1. The summed E-state index contributed by atoms with van der Waals surface area (Å²) in [5, 5.41) is 14.6. The molecule has 2 heterocycles. The molecule has 1 aromatic carbocycles. The number of hydrogen-bond acceptors (Lipinski definition) is 5. The third kappa shape index (κ3) is 2.88. The molecule has 3 rings (SSSR count). The van der Waals surface area contributed by atoms with Gasteiger partial charge in [0.15, 0.2) is 5.13 Å². The van der Waals surface area contributed by atoms with Crippen molar-refractivity contribution in [1.82, 2.24) is 4.98 Å². The van der Waals surface area contributed by atoms with Crippen LogP contribution in [0.4, 0.5) is 10.8 Å². The van der Waals surface area contributed by atoms with Crippen molar-refractivity contribution in [2.45, 2.75) is 18.9 Å². The van der Waals surface area contributed by atoms with Gasteiger partial charge in [0.25, 0.3) is 0 Å². The van der Waals surface area contributed by atoms with Gasteiger partial charge in [0.05, 0.1) is 11.6 Å². The molecule has 0 radical (unpaired) electrons. The minimum Gasteiger partial charge on any atom is -0.336 e. The van der Waals surface area contributed by atoms with Gasteiger partial charge in [-0.05, 0) is 31.0 Å². The Morgan fingerprint density at radius 2 is 2.43 bits per heavy atom. The summed E-state index contributed by atoms with van der Waals surface area (Å²) in [7, 11) is 0. The van der Waals surface area contributed by atoms with Gasteiger partial charge in [-0.25, -0.2) is 4.98 Å². The first-order valence-corrected chi connectivity index (χ1v) is 7.63. The van der Waals surface area contributed by atoms with Crippen LogP contribution in [0.1, 0.15) is 18.4 Å². The Morgan fingerprint density at radius 3 is 3.19 bits per heavy atom. The highest BCUT2D eigenvalue weighted by atomic mass is 32.1. The topological polar surface area (TPSA) is 69.0 Å². The molecule has 1 aromatic heterocycles. The van der Waals surface area contributed by atoms with Gasteiger partial charge < -0.3 is 10.2 Å². The smallest absolute Gasteiger partial charge is 0.247 e. The van der Waals surface area contributed by atoms with Crippen molar-refractivity contribution in [2.75, 3.05) is 16.8 Å². The number of aromatic nitrogens is 1. The molecule has 0 bridgehead atoms. The molecule has 21 heavy (non-hydrogen) atoms. The monoisotopic (exact) mass is 298 g/mol. The molecule has 6 heteroatoms. The van der Waals surface area contributed by atoms with Crippen LogP contribution < -0.4 is 10.2 Å². The van der Waals surface area contributed by atoms with Crippen molar-refractivity contribution in [3.8, 4) is 6.07 Å². The first-order chi connectivity index (χ1) is 10.3. The normalized spacial score (nSPS) is 17.5. The summed E-state index contributed by atoms with van der Waals surface area (Å²) in [4.78, 5) is 18.8. The molecule has 1 aliphatic rings. The molecule has 1 saturated heterocycles. The summed E-state index contributed by atoms with van der Waals surface area (Å²) in [6.45, 7) is 0.851. The Kier molecular flexibility index (Phi) is 3.84. The molecule has 1 atom stereocenters. The van der Waals surface area contributed by atoms with E-state index in [2.05, 4.69) is 16.4 Å². The molecule has 0 saturated carbocycles. The van der Waals surface area contributed by atoms with Crippen LogP contribution in [0.2, 0.25) is 0 Å². The SMILES string of the molecule is N#Cc1cccc(NC(=O)[C@H]2CCCN2c2nccs2)c1. The fourth-order valence-electron chi connectivity index (χ4n) is 2.52. The lowest BCUT2D eigenvalue weighted by molar-refractivity contribution is -0.117. The van der Waals surface area contributed by atoms with E-state index in [0.29, 0.717) is 11.3 Å². The highest BCUT2D eigenvalue weighted by Gasteiger charge is 2.32. The molecular formula is C15H14N4OS. The van der Waals surface area contributed by atoms with E-state index < -0.39 is 0 Å². The highest BCUT2D eigenvalue weighted by Crippen LogP contribution is 2.28. The number of nitrogens with one attached hydrogen (secondary N) is 1. The van der Waals surface area contributed by atoms with Crippen LogP contribution in [0.5, 0.6) is 0 Å². The van der Waals surface area contributed by atoms with Crippen LogP contribution in [0.15, 0.2) is 35.8 Å². The average molecular weight is 298 g/mol. The summed E-state index contributed by atoms with van der Waals surface area (Å²) in [6.07, 6.45) is 3.56. The van der Waals surface area contributed by atoms with E-state index in [1.54, 1.807) is 41.8 Å². The van der Waals surface area contributed by atoms with Gasteiger partial charge in [0, 0.05) is 23.8 Å². The molecule has 1 N–H and O–H groups in total. The van der Waals surface area contributed by atoms with Gasteiger partial charge in [0.1, 0.15) is 6.04 Å². The second-order valence-corrected chi connectivity index (χ2v) is 5.72. The fraction of sp³-hybridized carbons (Fsp3) is 0.267. The number of amides is 1. The van der Waals surface area contributed by atoms with Crippen LogP contribution >= 0.6 is 11.3 Å². The maximum atomic E-state index is 12.5. The van der Waals surface area contributed by atoms with Crippen LogP contribution in [0.3, 0.4) is 0 Å². The van der Waals surface area contributed by atoms with Crippen molar-refractivity contribution in [3.63, 3.8) is 0 Å². The predicted molar refractivity (Wildman–Crippen MR) is 82.3 cm³/mol. The van der Waals surface area contributed by atoms with E-state index in [9.17, 15) is 4.79 Å². The number of benzene rings is 1. The van der Waals surface area contributed by atoms with Crippen LogP contribution in [0, 0.1) is 11.3 Å². The van der Waals surface area contributed by atoms with Gasteiger partial charge in [-0.15, -0.1) is 11.3 Å². The molecule has 2 aromatic rings. The van der Waals surface area contributed by atoms with Crippen molar-refractivity contribution in [2.24, 2.45) is 0 Å². The lowest BCUT2D eigenvalue weighted by atomic mass is 10.2. The van der Waals surface area contributed by atoms with Gasteiger partial charge in [0.2, 0.25) is 5.91 Å². The average Bonchev–Trinajstić information content (AvgIpc) is 3.18. The Labute approximate surface area is 126 Å². The lowest BCUT2D eigenvalue weighted by Gasteiger charge is -2.23. The number of carbonyl (C=O) groups is 1. The van der Waals surface area contributed by atoms with E-state index in [4.69, 9.17) is 5.26 Å². The summed E-state index contributed by atoms with van der Waals surface area (Å²) in [5.74, 6) is -0.0437. The van der Waals surface area contributed by atoms with E-state index >= 15 is 0 Å². The Morgan fingerprint density at radius 1 is 1.52 bits per heavy atom. The molecule has 1 aliphatic heterocycles. The van der Waals surface area contributed by atoms with Crippen molar-refractivity contribution < 1.29 is 4.79 Å². The summed E-state index contributed by atoms with van der Waals surface area (Å²) >= 11 is 1.55. The van der Waals surface area contributed by atoms with E-state index in [1.807, 2.05) is 10.3 Å². The second kappa shape index (κ2) is 5.94. The van der Waals surface area contributed by atoms with E-state index in [0.717, 1.165) is 24.5 Å². The van der Waals surface area contributed by atoms with E-state index in [-0.39, 0.29) is 11.9 Å². The summed E-state index contributed by atoms with van der Waals surface area (Å²) in [5.41, 5.74) is 1.20. The standard InChI is InChI=1S/C15H14N4OS/c16-10-11-3-1-4-12(9-11)18-14(20)13-5-2-7-19(13)15-17-6-8-21-15/h1,3-4,6,8-9,13H,2,5,7H2,(H,18,20)/t13-/m1/s1. The Hall–Kier alpha value is -2.39. The predicted octanol–water partition coefficient (Wildman–Crippen LogP) is 2.62. The van der Waals surface area contributed by atoms with E-state index in [1.165, 1.54) is 0 Å². The molecule has 1 amide bonds. The molecule has 0 unspecified atom stereocenters. The molecule has 1 fully saturated rings. The Bertz CT molecular complexity index is 677. The number of nitrogens with zero attached hydrogens (tertiary/aromatic N) is 3. The van der Waals surface area contributed by atoms with Crippen LogP contribution in [-0.2, 0) is 4.79 Å².